The molecule has 0 aliphatic heterocycles. The average Bonchev–Trinajstić information content (AvgIpc) is 2.46. The van der Waals surface area contributed by atoms with E-state index in [1.165, 1.54) is 6.20 Å². The molecule has 0 spiro atoms. The number of urea groups is 1. The molecule has 21 heavy (non-hydrogen) atoms. The summed E-state index contributed by atoms with van der Waals surface area (Å²) in [4.78, 5) is 14.9. The molecule has 6 nitrogen and oxygen atoms in total. The maximum absolute atomic E-state index is 10.7. The highest BCUT2D eigenvalue weighted by Gasteiger charge is 2.06. The molecule has 2 aromatic rings. The molecular formula is C15H18N4O2. The van der Waals surface area contributed by atoms with E-state index in [2.05, 4.69) is 15.6 Å². The number of carbonyl (C=O) groups excluding carboxylic acids is 1. The highest BCUT2D eigenvalue weighted by molar-refractivity contribution is 5.87. The molecule has 0 aliphatic rings. The van der Waals surface area contributed by atoms with E-state index in [1.54, 1.807) is 24.3 Å². The Hall–Kier alpha value is -2.60. The van der Waals surface area contributed by atoms with Gasteiger partial charge in [-0.1, -0.05) is 12.1 Å². The molecule has 110 valence electrons. The lowest BCUT2D eigenvalue weighted by atomic mass is 10.1. The smallest absolute Gasteiger partial charge is 0.316 e. The monoisotopic (exact) mass is 286 g/mol. The number of carbonyl (C=O) groups is 1. The summed E-state index contributed by atoms with van der Waals surface area (Å²) in [7, 11) is 0. The van der Waals surface area contributed by atoms with Crippen LogP contribution in [0.25, 0.3) is 0 Å². The molecule has 0 aliphatic carbocycles. The number of benzene rings is 1. The number of pyridine rings is 1. The number of aromatic nitrogens is 1. The van der Waals surface area contributed by atoms with Crippen LogP contribution in [0.1, 0.15) is 24.2 Å². The quantitative estimate of drug-likeness (QED) is 0.676. The van der Waals surface area contributed by atoms with Gasteiger partial charge in [-0.2, -0.15) is 0 Å². The van der Waals surface area contributed by atoms with Gasteiger partial charge in [0.1, 0.15) is 5.75 Å². The van der Waals surface area contributed by atoms with E-state index < -0.39 is 6.03 Å². The minimum Gasteiger partial charge on any atom is -0.506 e. The molecule has 0 saturated heterocycles. The molecule has 2 amide bonds. The fraction of sp³-hybridized carbons (Fsp3) is 0.200. The molecule has 1 aromatic carbocycles. The maximum Gasteiger partial charge on any atom is 0.316 e. The Balaban J connectivity index is 1.92. The van der Waals surface area contributed by atoms with Crippen molar-refractivity contribution in [2.24, 2.45) is 5.73 Å². The van der Waals surface area contributed by atoms with E-state index in [0.717, 1.165) is 11.3 Å². The number of nitrogens with two attached hydrogens (primary N) is 1. The first-order valence-corrected chi connectivity index (χ1v) is 6.58. The number of nitrogens with zero attached hydrogens (tertiary/aromatic N) is 1. The molecule has 5 N–H and O–H groups in total. The van der Waals surface area contributed by atoms with E-state index in [-0.39, 0.29) is 11.8 Å². The summed E-state index contributed by atoms with van der Waals surface area (Å²) in [6, 6.07) is 10.4. The van der Waals surface area contributed by atoms with Gasteiger partial charge in [0.2, 0.25) is 0 Å². The van der Waals surface area contributed by atoms with Crippen molar-refractivity contribution in [3.63, 3.8) is 0 Å². The minimum atomic E-state index is -0.577. The lowest BCUT2D eigenvalue weighted by Crippen LogP contribution is -2.20. The molecule has 1 heterocycles. The van der Waals surface area contributed by atoms with E-state index in [0.29, 0.717) is 12.2 Å². The maximum atomic E-state index is 10.7. The summed E-state index contributed by atoms with van der Waals surface area (Å²) < 4.78 is 0. The zero-order valence-electron chi connectivity index (χ0n) is 11.7. The zero-order valence-corrected chi connectivity index (χ0v) is 11.7. The highest BCUT2D eigenvalue weighted by atomic mass is 16.3. The predicted molar refractivity (Wildman–Crippen MR) is 80.8 cm³/mol. The van der Waals surface area contributed by atoms with Crippen molar-refractivity contribution >= 4 is 11.7 Å². The molecule has 6 heteroatoms. The first-order valence-electron chi connectivity index (χ1n) is 6.58. The van der Waals surface area contributed by atoms with Gasteiger partial charge in [-0.25, -0.2) is 4.79 Å². The number of hydrogen-bond donors (Lipinski definition) is 4. The van der Waals surface area contributed by atoms with Crippen LogP contribution in [0.2, 0.25) is 0 Å². The van der Waals surface area contributed by atoms with Gasteiger partial charge < -0.3 is 21.5 Å². The number of primary amides is 1. The Morgan fingerprint density at radius 1 is 1.29 bits per heavy atom. The molecule has 1 atom stereocenters. The van der Waals surface area contributed by atoms with Gasteiger partial charge >= 0.3 is 6.03 Å². The van der Waals surface area contributed by atoms with Gasteiger partial charge in [-0.15, -0.1) is 0 Å². The third kappa shape index (κ3) is 4.47. The SMILES string of the molecule is CC(NCc1ccc(O)cn1)c1ccc(NC(N)=O)cc1. The van der Waals surface area contributed by atoms with Crippen LogP contribution in [0, 0.1) is 0 Å². The van der Waals surface area contributed by atoms with Crippen molar-refractivity contribution in [2.45, 2.75) is 19.5 Å². The Morgan fingerprint density at radius 2 is 2.00 bits per heavy atom. The molecule has 0 bridgehead atoms. The fourth-order valence-corrected chi connectivity index (χ4v) is 1.89. The second-order valence-electron chi connectivity index (χ2n) is 4.72. The normalized spacial score (nSPS) is 11.9. The first-order chi connectivity index (χ1) is 10.0. The van der Waals surface area contributed by atoms with Gasteiger partial charge in [0.15, 0.2) is 0 Å². The van der Waals surface area contributed by atoms with Crippen LogP contribution in [0.4, 0.5) is 10.5 Å². The summed E-state index contributed by atoms with van der Waals surface area (Å²) in [6.07, 6.45) is 1.42. The Morgan fingerprint density at radius 3 is 2.57 bits per heavy atom. The second-order valence-corrected chi connectivity index (χ2v) is 4.72. The third-order valence-electron chi connectivity index (χ3n) is 3.08. The first kappa shape index (κ1) is 14.8. The largest absolute Gasteiger partial charge is 0.506 e. The van der Waals surface area contributed by atoms with Crippen LogP contribution < -0.4 is 16.4 Å². The van der Waals surface area contributed by atoms with E-state index in [4.69, 9.17) is 5.73 Å². The van der Waals surface area contributed by atoms with Crippen molar-refractivity contribution in [2.75, 3.05) is 5.32 Å². The van der Waals surface area contributed by atoms with Crippen LogP contribution in [-0.2, 0) is 6.54 Å². The molecule has 0 radical (unpaired) electrons. The predicted octanol–water partition coefficient (Wildman–Crippen LogP) is 2.13. The summed E-state index contributed by atoms with van der Waals surface area (Å²) in [5.41, 5.74) is 7.66. The number of amides is 2. The Kier molecular flexibility index (Phi) is 4.73. The van der Waals surface area contributed by atoms with Crippen molar-refractivity contribution in [3.8, 4) is 5.75 Å². The lowest BCUT2D eigenvalue weighted by Gasteiger charge is -2.14. The van der Waals surface area contributed by atoms with Gasteiger partial charge in [-0.3, -0.25) is 4.98 Å². The van der Waals surface area contributed by atoms with Gasteiger partial charge in [-0.05, 0) is 36.8 Å². The van der Waals surface area contributed by atoms with Crippen molar-refractivity contribution in [3.05, 3.63) is 53.9 Å². The van der Waals surface area contributed by atoms with E-state index in [1.807, 2.05) is 19.1 Å². The summed E-state index contributed by atoms with van der Waals surface area (Å²) in [5.74, 6) is 0.157. The average molecular weight is 286 g/mol. The van der Waals surface area contributed by atoms with Crippen molar-refractivity contribution < 1.29 is 9.90 Å². The minimum absolute atomic E-state index is 0.128. The number of hydrogen-bond acceptors (Lipinski definition) is 4. The molecular weight excluding hydrogens is 268 g/mol. The van der Waals surface area contributed by atoms with E-state index in [9.17, 15) is 9.90 Å². The molecule has 2 rings (SSSR count). The molecule has 0 saturated carbocycles. The third-order valence-corrected chi connectivity index (χ3v) is 3.08. The number of anilines is 1. The van der Waals surface area contributed by atoms with Crippen LogP contribution >= 0.6 is 0 Å². The highest BCUT2D eigenvalue weighted by Crippen LogP contribution is 2.16. The number of rotatable bonds is 5. The molecule has 0 fully saturated rings. The van der Waals surface area contributed by atoms with Gasteiger partial charge in [0.25, 0.3) is 0 Å². The van der Waals surface area contributed by atoms with E-state index >= 15 is 0 Å². The van der Waals surface area contributed by atoms with Gasteiger partial charge in [0, 0.05) is 18.3 Å². The molecule has 1 unspecified atom stereocenters. The van der Waals surface area contributed by atoms with Crippen LogP contribution in [-0.4, -0.2) is 16.1 Å². The summed E-state index contributed by atoms with van der Waals surface area (Å²) >= 11 is 0. The van der Waals surface area contributed by atoms with Crippen molar-refractivity contribution in [1.29, 1.82) is 0 Å². The number of nitrogens with one attached hydrogen (secondary N) is 2. The molecule has 1 aromatic heterocycles. The van der Waals surface area contributed by atoms with Crippen molar-refractivity contribution in [1.82, 2.24) is 10.3 Å². The number of aromatic hydroxyl groups is 1. The topological polar surface area (TPSA) is 100 Å². The van der Waals surface area contributed by atoms with Gasteiger partial charge in [0.05, 0.1) is 11.9 Å². The standard InChI is InChI=1S/C15H18N4O2/c1-10(17-8-13-6-7-14(20)9-18-13)11-2-4-12(5-3-11)19-15(16)21/h2-7,9-10,17,20H,8H2,1H3,(H3,16,19,21). The van der Waals surface area contributed by atoms with Crippen LogP contribution in [0.5, 0.6) is 5.75 Å². The summed E-state index contributed by atoms with van der Waals surface area (Å²) in [5, 5.41) is 15.0. The summed E-state index contributed by atoms with van der Waals surface area (Å²) in [6.45, 7) is 2.64. The van der Waals surface area contributed by atoms with Crippen LogP contribution in [0.15, 0.2) is 42.6 Å². The second kappa shape index (κ2) is 6.71. The Bertz CT molecular complexity index is 596. The fourth-order valence-electron chi connectivity index (χ4n) is 1.89. The van der Waals surface area contributed by atoms with Crippen LogP contribution in [0.3, 0.4) is 0 Å². The zero-order chi connectivity index (χ0) is 15.2. The lowest BCUT2D eigenvalue weighted by molar-refractivity contribution is 0.259. The Labute approximate surface area is 123 Å².